The van der Waals surface area contributed by atoms with Gasteiger partial charge in [-0.3, -0.25) is 9.10 Å². The molecule has 0 saturated heterocycles. The summed E-state index contributed by atoms with van der Waals surface area (Å²) in [5.41, 5.74) is 2.42. The Morgan fingerprint density at radius 3 is 2.35 bits per heavy atom. The monoisotopic (exact) mass is 441 g/mol. The predicted octanol–water partition coefficient (Wildman–Crippen LogP) is 6.05. The zero-order valence-corrected chi connectivity index (χ0v) is 19.8. The number of rotatable bonds is 12. The van der Waals surface area contributed by atoms with Gasteiger partial charge in [0.05, 0.1) is 11.4 Å². The molecule has 2 aromatic rings. The molecule has 5 heteroatoms. The van der Waals surface area contributed by atoms with Crippen molar-refractivity contribution in [1.82, 2.24) is 0 Å². The highest BCUT2D eigenvalue weighted by Gasteiger charge is 2.44. The molecule has 0 amide bonds. The lowest BCUT2D eigenvalue weighted by molar-refractivity contribution is 0.0960. The molecule has 0 aliphatic heterocycles. The van der Waals surface area contributed by atoms with Gasteiger partial charge in [0.25, 0.3) is 0 Å². The number of carbonyl (C=O) groups excluding carboxylic acids is 1. The van der Waals surface area contributed by atoms with E-state index in [1.54, 1.807) is 12.1 Å². The molecule has 3 atom stereocenters. The Morgan fingerprint density at radius 2 is 1.71 bits per heavy atom. The smallest absolute Gasteiger partial charge is 0.235 e. The van der Waals surface area contributed by atoms with Gasteiger partial charge in [-0.25, -0.2) is 8.42 Å². The van der Waals surface area contributed by atoms with Crippen molar-refractivity contribution in [3.8, 4) is 0 Å². The van der Waals surface area contributed by atoms with Crippen LogP contribution in [0.3, 0.4) is 0 Å². The third-order valence-electron chi connectivity index (χ3n) is 6.43. The van der Waals surface area contributed by atoms with Gasteiger partial charge in [0, 0.05) is 18.0 Å². The van der Waals surface area contributed by atoms with Crippen LogP contribution < -0.4 is 4.31 Å². The van der Waals surface area contributed by atoms with E-state index in [0.717, 1.165) is 25.7 Å². The number of hydrogen-bond donors (Lipinski definition) is 0. The first-order chi connectivity index (χ1) is 14.9. The lowest BCUT2D eigenvalue weighted by Gasteiger charge is -2.25. The molecule has 1 fully saturated rings. The summed E-state index contributed by atoms with van der Waals surface area (Å²) in [5, 5.41) is 0. The fraction of sp³-hybridized carbons (Fsp3) is 0.500. The zero-order valence-electron chi connectivity index (χ0n) is 19.0. The first-order valence-corrected chi connectivity index (χ1v) is 13.2. The summed E-state index contributed by atoms with van der Waals surface area (Å²) in [4.78, 5) is 13.4. The number of para-hydroxylation sites is 1. The van der Waals surface area contributed by atoms with Gasteiger partial charge in [-0.2, -0.15) is 0 Å². The number of unbranched alkanes of at least 4 members (excludes halogenated alkanes) is 1. The van der Waals surface area contributed by atoms with Crippen molar-refractivity contribution in [1.29, 1.82) is 0 Å². The summed E-state index contributed by atoms with van der Waals surface area (Å²) in [5.74, 6) is 1.03. The Morgan fingerprint density at radius 1 is 1.03 bits per heavy atom. The van der Waals surface area contributed by atoms with Crippen molar-refractivity contribution >= 4 is 21.5 Å². The number of nitrogens with zero attached hydrogens (tertiary/aromatic N) is 1. The molecule has 0 spiro atoms. The van der Waals surface area contributed by atoms with Crippen LogP contribution in [-0.2, 0) is 10.0 Å². The topological polar surface area (TPSA) is 54.5 Å². The maximum absolute atomic E-state index is 13.4. The molecule has 2 aromatic carbocycles. The predicted molar refractivity (Wildman–Crippen MR) is 128 cm³/mol. The van der Waals surface area contributed by atoms with Gasteiger partial charge in [-0.1, -0.05) is 62.7 Å². The molecule has 0 bridgehead atoms. The molecule has 31 heavy (non-hydrogen) atoms. The van der Waals surface area contributed by atoms with Gasteiger partial charge in [-0.15, -0.1) is 0 Å². The van der Waals surface area contributed by atoms with Crippen molar-refractivity contribution in [3.63, 3.8) is 0 Å². The third kappa shape index (κ3) is 5.57. The first kappa shape index (κ1) is 23.5. The summed E-state index contributed by atoms with van der Waals surface area (Å²) in [7, 11) is -3.44. The SMILES string of the molecule is CCCCS(=O)(=O)N(CC)c1ccccc1C(=O)C1CC1C[C@@H](CC)c1ccccc1. The minimum absolute atomic E-state index is 0.00374. The molecular formula is C26H35NO3S. The fourth-order valence-corrected chi connectivity index (χ4v) is 6.24. The molecule has 0 aromatic heterocycles. The Balaban J connectivity index is 1.76. The fourth-order valence-electron chi connectivity index (χ4n) is 4.51. The van der Waals surface area contributed by atoms with Gasteiger partial charge in [-0.05, 0) is 62.1 Å². The van der Waals surface area contributed by atoms with Gasteiger partial charge in [0.2, 0.25) is 10.0 Å². The molecule has 1 aliphatic rings. The number of sulfonamides is 1. The second kappa shape index (κ2) is 10.4. The van der Waals surface area contributed by atoms with E-state index in [-0.39, 0.29) is 17.5 Å². The molecule has 4 nitrogen and oxygen atoms in total. The standard InChI is InChI=1S/C26H35NO3S/c1-4-7-17-31(29,30)27(6-3)25-16-12-11-15-23(25)26(28)24-19-22(24)18-20(5-2)21-13-9-8-10-14-21/h8-16,20,22,24H,4-7,17-19H2,1-3H3/t20-,22?,24?/m1/s1. The number of benzene rings is 2. The summed E-state index contributed by atoms with van der Waals surface area (Å²) in [6.45, 7) is 6.34. The average Bonchev–Trinajstić information content (AvgIpc) is 3.56. The van der Waals surface area contributed by atoms with Crippen LogP contribution in [0, 0.1) is 11.8 Å². The summed E-state index contributed by atoms with van der Waals surface area (Å²) in [6.07, 6.45) is 4.40. The van der Waals surface area contributed by atoms with Crippen LogP contribution in [0.5, 0.6) is 0 Å². The number of carbonyl (C=O) groups is 1. The Kier molecular flexibility index (Phi) is 7.93. The van der Waals surface area contributed by atoms with Crippen molar-refractivity contribution in [2.24, 2.45) is 11.8 Å². The van der Waals surface area contributed by atoms with Gasteiger partial charge < -0.3 is 0 Å². The van der Waals surface area contributed by atoms with E-state index in [1.807, 2.05) is 32.0 Å². The van der Waals surface area contributed by atoms with Crippen molar-refractivity contribution in [2.45, 2.75) is 58.8 Å². The van der Waals surface area contributed by atoms with Crippen LogP contribution in [-0.4, -0.2) is 26.5 Å². The van der Waals surface area contributed by atoms with Crippen molar-refractivity contribution < 1.29 is 13.2 Å². The van der Waals surface area contributed by atoms with E-state index in [2.05, 4.69) is 31.2 Å². The normalized spacial score (nSPS) is 19.1. The van der Waals surface area contributed by atoms with Crippen LogP contribution in [0.2, 0.25) is 0 Å². The molecule has 2 unspecified atom stereocenters. The average molecular weight is 442 g/mol. The maximum Gasteiger partial charge on any atom is 0.235 e. The largest absolute Gasteiger partial charge is 0.294 e. The molecule has 0 radical (unpaired) electrons. The van der Waals surface area contributed by atoms with E-state index in [9.17, 15) is 13.2 Å². The van der Waals surface area contributed by atoms with E-state index < -0.39 is 10.0 Å². The van der Waals surface area contributed by atoms with E-state index in [0.29, 0.717) is 36.1 Å². The zero-order chi connectivity index (χ0) is 22.4. The second-order valence-corrected chi connectivity index (χ2v) is 10.6. The quantitative estimate of drug-likeness (QED) is 0.377. The van der Waals surface area contributed by atoms with Gasteiger partial charge in [0.1, 0.15) is 0 Å². The van der Waals surface area contributed by atoms with E-state index in [1.165, 1.54) is 9.87 Å². The van der Waals surface area contributed by atoms with Crippen molar-refractivity contribution in [3.05, 3.63) is 65.7 Å². The lowest BCUT2D eigenvalue weighted by atomic mass is 9.90. The number of ketones is 1. The Labute approximate surface area is 187 Å². The van der Waals surface area contributed by atoms with Crippen LogP contribution >= 0.6 is 0 Å². The Hall–Kier alpha value is -2.14. The Bertz CT molecular complexity index is 971. The minimum Gasteiger partial charge on any atom is -0.294 e. The summed E-state index contributed by atoms with van der Waals surface area (Å²) >= 11 is 0. The van der Waals surface area contributed by atoms with Gasteiger partial charge in [0.15, 0.2) is 5.78 Å². The summed E-state index contributed by atoms with van der Waals surface area (Å²) in [6, 6.07) is 17.7. The van der Waals surface area contributed by atoms with Crippen molar-refractivity contribution in [2.75, 3.05) is 16.6 Å². The third-order valence-corrected chi connectivity index (χ3v) is 8.36. The number of hydrogen-bond acceptors (Lipinski definition) is 3. The molecular weight excluding hydrogens is 406 g/mol. The molecule has 1 aliphatic carbocycles. The molecule has 1 saturated carbocycles. The molecule has 3 rings (SSSR count). The molecule has 0 heterocycles. The maximum atomic E-state index is 13.4. The highest BCUT2D eigenvalue weighted by Crippen LogP contribution is 2.48. The van der Waals surface area contributed by atoms with Crippen LogP contribution in [0.25, 0.3) is 0 Å². The van der Waals surface area contributed by atoms with Gasteiger partial charge >= 0.3 is 0 Å². The van der Waals surface area contributed by atoms with E-state index >= 15 is 0 Å². The minimum atomic E-state index is -3.44. The lowest BCUT2D eigenvalue weighted by Crippen LogP contribution is -2.34. The highest BCUT2D eigenvalue weighted by atomic mass is 32.2. The van der Waals surface area contributed by atoms with Crippen LogP contribution in [0.1, 0.15) is 74.7 Å². The number of Topliss-reactive ketones (excluding diaryl/α,β-unsaturated/α-hetero) is 1. The van der Waals surface area contributed by atoms with Crippen LogP contribution in [0.4, 0.5) is 5.69 Å². The molecule has 0 N–H and O–H groups in total. The highest BCUT2D eigenvalue weighted by molar-refractivity contribution is 7.92. The van der Waals surface area contributed by atoms with E-state index in [4.69, 9.17) is 0 Å². The number of anilines is 1. The summed E-state index contributed by atoms with van der Waals surface area (Å²) < 4.78 is 27.2. The van der Waals surface area contributed by atoms with Crippen LogP contribution in [0.15, 0.2) is 54.6 Å². The molecule has 168 valence electrons. The first-order valence-electron chi connectivity index (χ1n) is 11.6. The second-order valence-electron chi connectivity index (χ2n) is 8.57.